The van der Waals surface area contributed by atoms with Crippen molar-refractivity contribution in [1.29, 1.82) is 0 Å². The highest BCUT2D eigenvalue weighted by Crippen LogP contribution is 2.20. The van der Waals surface area contributed by atoms with Crippen LogP contribution in [0.4, 0.5) is 4.39 Å². The third-order valence-electron chi connectivity index (χ3n) is 4.42. The van der Waals surface area contributed by atoms with E-state index in [1.807, 2.05) is 44.4 Å². The first kappa shape index (κ1) is 19.9. The van der Waals surface area contributed by atoms with Crippen LogP contribution in [0.2, 0.25) is 0 Å². The molecule has 0 aliphatic carbocycles. The van der Waals surface area contributed by atoms with Crippen molar-refractivity contribution in [2.24, 2.45) is 0 Å². The topological polar surface area (TPSA) is 41.6 Å². The van der Waals surface area contributed by atoms with Crippen molar-refractivity contribution >= 4 is 5.91 Å². The number of nitrogens with zero attached hydrogens (tertiary/aromatic N) is 1. The Morgan fingerprint density at radius 1 is 1.15 bits per heavy atom. The second-order valence-electron chi connectivity index (χ2n) is 6.50. The molecule has 0 saturated carbocycles. The molecule has 140 valence electrons. The summed E-state index contributed by atoms with van der Waals surface area (Å²) in [5.74, 6) is 0.588. The van der Waals surface area contributed by atoms with Gasteiger partial charge in [0.05, 0.1) is 13.2 Å². The van der Waals surface area contributed by atoms with Crippen LogP contribution in [0.1, 0.15) is 30.0 Å². The van der Waals surface area contributed by atoms with Gasteiger partial charge in [-0.15, -0.1) is 0 Å². The summed E-state index contributed by atoms with van der Waals surface area (Å²) >= 11 is 0. The summed E-state index contributed by atoms with van der Waals surface area (Å²) in [6.07, 6.45) is 1.58. The lowest BCUT2D eigenvalue weighted by molar-refractivity contribution is -0.121. The molecule has 0 bridgehead atoms. The third kappa shape index (κ3) is 5.85. The van der Waals surface area contributed by atoms with Crippen molar-refractivity contribution in [3.8, 4) is 5.75 Å². The fraction of sp³-hybridized carbons (Fsp3) is 0.381. The molecule has 0 radical (unpaired) electrons. The molecule has 1 amide bonds. The summed E-state index contributed by atoms with van der Waals surface area (Å²) in [6, 6.07) is 14.6. The van der Waals surface area contributed by atoms with Crippen molar-refractivity contribution in [3.05, 3.63) is 65.5 Å². The Bertz CT molecular complexity index is 701. The van der Waals surface area contributed by atoms with Gasteiger partial charge in [-0.1, -0.05) is 30.3 Å². The van der Waals surface area contributed by atoms with Gasteiger partial charge in [-0.25, -0.2) is 4.39 Å². The van der Waals surface area contributed by atoms with E-state index in [0.717, 1.165) is 11.3 Å². The highest BCUT2D eigenvalue weighted by atomic mass is 19.1. The highest BCUT2D eigenvalue weighted by Gasteiger charge is 2.15. The van der Waals surface area contributed by atoms with E-state index in [1.165, 1.54) is 6.07 Å². The van der Waals surface area contributed by atoms with Gasteiger partial charge in [0.25, 0.3) is 0 Å². The molecule has 5 heteroatoms. The maximum Gasteiger partial charge on any atom is 0.220 e. The van der Waals surface area contributed by atoms with Gasteiger partial charge in [-0.2, -0.15) is 0 Å². The number of aryl methyl sites for hydroxylation is 1. The van der Waals surface area contributed by atoms with E-state index in [0.29, 0.717) is 31.4 Å². The molecule has 4 nitrogen and oxygen atoms in total. The van der Waals surface area contributed by atoms with E-state index < -0.39 is 0 Å². The molecule has 0 fully saturated rings. The highest BCUT2D eigenvalue weighted by molar-refractivity contribution is 5.75. The largest absolute Gasteiger partial charge is 0.497 e. The van der Waals surface area contributed by atoms with Crippen molar-refractivity contribution in [3.63, 3.8) is 0 Å². The standard InChI is InChI=1S/C21H27FN2O2/c1-24(2)20(17-11-13-18(26-3)14-12-17)15-23-21(25)10-6-8-16-7-4-5-9-19(16)22/h4-5,7,9,11-14,20H,6,8,10,15H2,1-3H3,(H,23,25). The molecule has 1 atom stereocenters. The second kappa shape index (κ2) is 9.92. The maximum absolute atomic E-state index is 13.6. The summed E-state index contributed by atoms with van der Waals surface area (Å²) in [6.45, 7) is 0.526. The third-order valence-corrected chi connectivity index (χ3v) is 4.42. The second-order valence-corrected chi connectivity index (χ2v) is 6.50. The maximum atomic E-state index is 13.6. The van der Waals surface area contributed by atoms with Crippen LogP contribution >= 0.6 is 0 Å². The van der Waals surface area contributed by atoms with Crippen LogP contribution in [0.25, 0.3) is 0 Å². The lowest BCUT2D eigenvalue weighted by atomic mass is 10.1. The van der Waals surface area contributed by atoms with Crippen LogP contribution in [0, 0.1) is 5.82 Å². The molecule has 1 N–H and O–H groups in total. The van der Waals surface area contributed by atoms with Gasteiger partial charge < -0.3 is 15.0 Å². The molecular weight excluding hydrogens is 331 g/mol. The van der Waals surface area contributed by atoms with Crippen molar-refractivity contribution < 1.29 is 13.9 Å². The molecule has 0 aliphatic rings. The van der Waals surface area contributed by atoms with Gasteiger partial charge >= 0.3 is 0 Å². The minimum atomic E-state index is -0.208. The Morgan fingerprint density at radius 2 is 1.85 bits per heavy atom. The van der Waals surface area contributed by atoms with Crippen molar-refractivity contribution in [1.82, 2.24) is 10.2 Å². The Kier molecular flexibility index (Phi) is 7.60. The average Bonchev–Trinajstić information content (AvgIpc) is 2.64. The number of amides is 1. The summed E-state index contributed by atoms with van der Waals surface area (Å²) in [7, 11) is 5.61. The van der Waals surface area contributed by atoms with Crippen molar-refractivity contribution in [2.45, 2.75) is 25.3 Å². The fourth-order valence-corrected chi connectivity index (χ4v) is 2.86. The van der Waals surface area contributed by atoms with Gasteiger partial charge in [0, 0.05) is 13.0 Å². The minimum Gasteiger partial charge on any atom is -0.497 e. The van der Waals surface area contributed by atoms with Crippen LogP contribution < -0.4 is 10.1 Å². The quantitative estimate of drug-likeness (QED) is 0.745. The lowest BCUT2D eigenvalue weighted by Crippen LogP contribution is -2.34. The van der Waals surface area contributed by atoms with E-state index in [-0.39, 0.29) is 17.8 Å². The Balaban J connectivity index is 1.82. The molecule has 26 heavy (non-hydrogen) atoms. The number of hydrogen-bond acceptors (Lipinski definition) is 3. The normalized spacial score (nSPS) is 12.0. The van der Waals surface area contributed by atoms with E-state index in [1.54, 1.807) is 19.2 Å². The van der Waals surface area contributed by atoms with Gasteiger partial charge in [-0.3, -0.25) is 4.79 Å². The zero-order chi connectivity index (χ0) is 18.9. The fourth-order valence-electron chi connectivity index (χ4n) is 2.86. The number of rotatable bonds is 9. The molecule has 0 spiro atoms. The van der Waals surface area contributed by atoms with Crippen LogP contribution in [0.3, 0.4) is 0 Å². The number of ether oxygens (including phenoxy) is 1. The van der Waals surface area contributed by atoms with E-state index >= 15 is 0 Å². The zero-order valence-corrected chi connectivity index (χ0v) is 15.7. The van der Waals surface area contributed by atoms with Gasteiger partial charge in [0.15, 0.2) is 0 Å². The molecule has 2 rings (SSSR count). The monoisotopic (exact) mass is 358 g/mol. The van der Waals surface area contributed by atoms with E-state index in [4.69, 9.17) is 4.74 Å². The number of nitrogens with one attached hydrogen (secondary N) is 1. The van der Waals surface area contributed by atoms with E-state index in [2.05, 4.69) is 10.2 Å². The summed E-state index contributed by atoms with van der Waals surface area (Å²) in [4.78, 5) is 14.2. The molecule has 0 saturated heterocycles. The molecule has 0 aliphatic heterocycles. The van der Waals surface area contributed by atoms with Crippen LogP contribution in [-0.2, 0) is 11.2 Å². The average molecular weight is 358 g/mol. The van der Waals surface area contributed by atoms with Crippen LogP contribution in [-0.4, -0.2) is 38.6 Å². The first-order valence-electron chi connectivity index (χ1n) is 8.81. The van der Waals surface area contributed by atoms with Crippen LogP contribution in [0.15, 0.2) is 48.5 Å². The van der Waals surface area contributed by atoms with Gasteiger partial charge in [-0.05, 0) is 56.3 Å². The predicted molar refractivity (Wildman–Crippen MR) is 102 cm³/mol. The van der Waals surface area contributed by atoms with Crippen LogP contribution in [0.5, 0.6) is 5.75 Å². The summed E-state index contributed by atoms with van der Waals surface area (Å²) in [5, 5.41) is 2.99. The Labute approximate surface area is 155 Å². The molecule has 2 aromatic rings. The predicted octanol–water partition coefficient (Wildman–Crippen LogP) is 3.58. The SMILES string of the molecule is COc1ccc(C(CNC(=O)CCCc2ccccc2F)N(C)C)cc1. The zero-order valence-electron chi connectivity index (χ0n) is 15.7. The number of carbonyl (C=O) groups excluding carboxylic acids is 1. The Morgan fingerprint density at radius 3 is 2.46 bits per heavy atom. The first-order valence-corrected chi connectivity index (χ1v) is 8.81. The number of hydrogen-bond donors (Lipinski definition) is 1. The van der Waals surface area contributed by atoms with Crippen molar-refractivity contribution in [2.75, 3.05) is 27.7 Å². The number of likely N-dealkylation sites (N-methyl/N-ethyl adjacent to an activating group) is 1. The minimum absolute atomic E-state index is 0.0123. The van der Waals surface area contributed by atoms with Gasteiger partial charge in [0.2, 0.25) is 5.91 Å². The smallest absolute Gasteiger partial charge is 0.220 e. The Hall–Kier alpha value is -2.40. The molecule has 1 unspecified atom stereocenters. The molecule has 2 aromatic carbocycles. The molecule has 0 aromatic heterocycles. The number of carbonyl (C=O) groups is 1. The van der Waals surface area contributed by atoms with E-state index in [9.17, 15) is 9.18 Å². The lowest BCUT2D eigenvalue weighted by Gasteiger charge is -2.25. The molecule has 0 heterocycles. The summed E-state index contributed by atoms with van der Waals surface area (Å²) < 4.78 is 18.8. The first-order chi connectivity index (χ1) is 12.5. The van der Waals surface area contributed by atoms with Gasteiger partial charge in [0.1, 0.15) is 11.6 Å². The summed E-state index contributed by atoms with van der Waals surface area (Å²) in [5.41, 5.74) is 1.77. The molecular formula is C21H27FN2O2. The number of halogens is 1. The number of benzene rings is 2. The number of methoxy groups -OCH3 is 1.